The van der Waals surface area contributed by atoms with Crippen LogP contribution in [0.15, 0.2) is 24.4 Å². The van der Waals surface area contributed by atoms with Crippen molar-refractivity contribution in [3.05, 3.63) is 30.1 Å². The smallest absolute Gasteiger partial charge is 0.258 e. The Bertz CT molecular complexity index is 246. The maximum atomic E-state index is 13.1. The third kappa shape index (κ3) is 1.57. The number of hydrogen-bond donors (Lipinski definition) is 0. The molecular formula is C8H8F3N. The minimum Gasteiger partial charge on any atom is -0.258 e. The van der Waals surface area contributed by atoms with Crippen LogP contribution < -0.4 is 0 Å². The summed E-state index contributed by atoms with van der Waals surface area (Å²) >= 11 is 0. The van der Waals surface area contributed by atoms with E-state index in [-0.39, 0.29) is 5.69 Å². The summed E-state index contributed by atoms with van der Waals surface area (Å²) in [6, 6.07) is 4.26. The van der Waals surface area contributed by atoms with Gasteiger partial charge >= 0.3 is 0 Å². The monoisotopic (exact) mass is 175 g/mol. The van der Waals surface area contributed by atoms with Crippen LogP contribution in [0.1, 0.15) is 12.6 Å². The summed E-state index contributed by atoms with van der Waals surface area (Å²) in [5, 5.41) is 0. The summed E-state index contributed by atoms with van der Waals surface area (Å²) in [5.41, 5.74) is -2.89. The molecule has 0 aliphatic heterocycles. The predicted molar refractivity (Wildman–Crippen MR) is 38.7 cm³/mol. The molecule has 0 bridgehead atoms. The van der Waals surface area contributed by atoms with E-state index in [1.54, 1.807) is 6.07 Å². The highest BCUT2D eigenvalue weighted by atomic mass is 19.3. The Kier molecular flexibility index (Phi) is 2.35. The molecule has 0 saturated carbocycles. The minimum absolute atomic E-state index is 0.236. The van der Waals surface area contributed by atoms with Crippen LogP contribution in [0.5, 0.6) is 0 Å². The van der Waals surface area contributed by atoms with Gasteiger partial charge < -0.3 is 0 Å². The average Bonchev–Trinajstić information content (AvgIpc) is 2.06. The molecule has 1 rings (SSSR count). The molecule has 1 heterocycles. The summed E-state index contributed by atoms with van der Waals surface area (Å²) in [6.45, 7) is 0.819. The van der Waals surface area contributed by atoms with Gasteiger partial charge in [-0.25, -0.2) is 13.2 Å². The first kappa shape index (κ1) is 9.03. The number of alkyl halides is 3. The van der Waals surface area contributed by atoms with E-state index in [4.69, 9.17) is 0 Å². The standard InChI is InChI=1S/C8H8F3N/c1-8(11,7(9)10)6-4-2-3-5-12-6/h2-5,7H,1H3. The molecule has 0 N–H and O–H groups in total. The summed E-state index contributed by atoms with van der Waals surface area (Å²) in [6.07, 6.45) is -1.76. The lowest BCUT2D eigenvalue weighted by molar-refractivity contribution is -0.0286. The fourth-order valence-corrected chi connectivity index (χ4v) is 0.764. The van der Waals surface area contributed by atoms with Crippen LogP contribution in [-0.2, 0) is 5.67 Å². The van der Waals surface area contributed by atoms with Crippen molar-refractivity contribution in [3.8, 4) is 0 Å². The molecule has 0 fully saturated rings. The Morgan fingerprint density at radius 1 is 1.42 bits per heavy atom. The van der Waals surface area contributed by atoms with Crippen molar-refractivity contribution in [2.45, 2.75) is 19.0 Å². The Balaban J connectivity index is 2.98. The van der Waals surface area contributed by atoms with Crippen molar-refractivity contribution in [1.82, 2.24) is 4.98 Å². The highest BCUT2D eigenvalue weighted by Gasteiger charge is 2.38. The van der Waals surface area contributed by atoms with Crippen LogP contribution in [0, 0.1) is 0 Å². The van der Waals surface area contributed by atoms with Crippen molar-refractivity contribution < 1.29 is 13.2 Å². The normalized spacial score (nSPS) is 16.1. The number of pyridine rings is 1. The molecule has 0 spiro atoms. The van der Waals surface area contributed by atoms with Gasteiger partial charge in [-0.3, -0.25) is 4.98 Å². The second-order valence-electron chi connectivity index (χ2n) is 2.59. The number of rotatable bonds is 2. The zero-order valence-corrected chi connectivity index (χ0v) is 6.47. The molecule has 1 nitrogen and oxygen atoms in total. The number of halogens is 3. The molecule has 0 aliphatic carbocycles. The van der Waals surface area contributed by atoms with Gasteiger partial charge in [-0.15, -0.1) is 0 Å². The molecule has 0 aliphatic rings. The van der Waals surface area contributed by atoms with Crippen LogP contribution in [0.4, 0.5) is 13.2 Å². The number of aromatic nitrogens is 1. The Morgan fingerprint density at radius 2 is 2.08 bits per heavy atom. The van der Waals surface area contributed by atoms with Crippen molar-refractivity contribution in [2.75, 3.05) is 0 Å². The third-order valence-electron chi connectivity index (χ3n) is 1.58. The summed E-state index contributed by atoms with van der Waals surface area (Å²) in [4.78, 5) is 3.52. The number of nitrogens with zero attached hydrogens (tertiary/aromatic N) is 1. The number of hydrogen-bond acceptors (Lipinski definition) is 1. The van der Waals surface area contributed by atoms with Gasteiger partial charge in [-0.2, -0.15) is 0 Å². The molecular weight excluding hydrogens is 167 g/mol. The molecule has 0 aromatic carbocycles. The molecule has 0 amide bonds. The van der Waals surface area contributed by atoms with E-state index in [1.165, 1.54) is 18.3 Å². The molecule has 4 heteroatoms. The zero-order chi connectivity index (χ0) is 9.19. The van der Waals surface area contributed by atoms with E-state index in [0.29, 0.717) is 0 Å². The fraction of sp³-hybridized carbons (Fsp3) is 0.375. The van der Waals surface area contributed by atoms with Gasteiger partial charge in [-0.1, -0.05) is 6.07 Å². The highest BCUT2D eigenvalue weighted by molar-refractivity contribution is 5.12. The van der Waals surface area contributed by atoms with Crippen LogP contribution in [0.25, 0.3) is 0 Å². The largest absolute Gasteiger partial charge is 0.277 e. The van der Waals surface area contributed by atoms with E-state index in [1.807, 2.05) is 0 Å². The fourth-order valence-electron chi connectivity index (χ4n) is 0.764. The van der Waals surface area contributed by atoms with Crippen molar-refractivity contribution in [1.29, 1.82) is 0 Å². The molecule has 66 valence electrons. The Morgan fingerprint density at radius 3 is 2.50 bits per heavy atom. The van der Waals surface area contributed by atoms with E-state index in [0.717, 1.165) is 6.92 Å². The predicted octanol–water partition coefficient (Wildman–Crippen LogP) is 2.53. The van der Waals surface area contributed by atoms with E-state index < -0.39 is 12.1 Å². The molecule has 0 radical (unpaired) electrons. The van der Waals surface area contributed by atoms with E-state index in [2.05, 4.69) is 4.98 Å². The second kappa shape index (κ2) is 3.13. The third-order valence-corrected chi connectivity index (χ3v) is 1.58. The quantitative estimate of drug-likeness (QED) is 0.673. The zero-order valence-electron chi connectivity index (χ0n) is 6.47. The van der Waals surface area contributed by atoms with E-state index >= 15 is 0 Å². The van der Waals surface area contributed by atoms with Crippen LogP contribution >= 0.6 is 0 Å². The van der Waals surface area contributed by atoms with Gasteiger partial charge in [0.25, 0.3) is 6.43 Å². The Labute approximate surface area is 68.2 Å². The Hall–Kier alpha value is -1.06. The summed E-state index contributed by atoms with van der Waals surface area (Å²) in [7, 11) is 0. The van der Waals surface area contributed by atoms with Gasteiger partial charge in [0.1, 0.15) is 0 Å². The van der Waals surface area contributed by atoms with Crippen LogP contribution in [0.3, 0.4) is 0 Å². The van der Waals surface area contributed by atoms with Crippen molar-refractivity contribution in [3.63, 3.8) is 0 Å². The summed E-state index contributed by atoms with van der Waals surface area (Å²) in [5.74, 6) is 0. The van der Waals surface area contributed by atoms with Gasteiger partial charge in [-0.05, 0) is 19.1 Å². The minimum atomic E-state index is -3.05. The SMILES string of the molecule is CC(F)(c1ccccn1)C(F)F. The van der Waals surface area contributed by atoms with Gasteiger partial charge in [0, 0.05) is 6.20 Å². The van der Waals surface area contributed by atoms with Crippen molar-refractivity contribution >= 4 is 0 Å². The van der Waals surface area contributed by atoms with E-state index in [9.17, 15) is 13.2 Å². The first-order valence-corrected chi connectivity index (χ1v) is 3.43. The maximum absolute atomic E-state index is 13.1. The highest BCUT2D eigenvalue weighted by Crippen LogP contribution is 2.30. The summed E-state index contributed by atoms with van der Waals surface area (Å²) < 4.78 is 37.3. The molecule has 1 unspecified atom stereocenters. The average molecular weight is 175 g/mol. The maximum Gasteiger partial charge on any atom is 0.277 e. The second-order valence-corrected chi connectivity index (χ2v) is 2.59. The lowest BCUT2D eigenvalue weighted by atomic mass is 10.1. The lowest BCUT2D eigenvalue weighted by Gasteiger charge is -2.17. The van der Waals surface area contributed by atoms with Crippen molar-refractivity contribution in [2.24, 2.45) is 0 Å². The first-order chi connectivity index (χ1) is 5.55. The van der Waals surface area contributed by atoms with Crippen LogP contribution in [-0.4, -0.2) is 11.4 Å². The molecule has 1 aromatic rings. The van der Waals surface area contributed by atoms with Gasteiger partial charge in [0.05, 0.1) is 5.69 Å². The molecule has 12 heavy (non-hydrogen) atoms. The molecule has 1 atom stereocenters. The topological polar surface area (TPSA) is 12.9 Å². The van der Waals surface area contributed by atoms with Gasteiger partial charge in [0.2, 0.25) is 5.67 Å². The van der Waals surface area contributed by atoms with Gasteiger partial charge in [0.15, 0.2) is 0 Å². The lowest BCUT2D eigenvalue weighted by Crippen LogP contribution is -2.26. The first-order valence-electron chi connectivity index (χ1n) is 3.43. The van der Waals surface area contributed by atoms with Crippen LogP contribution in [0.2, 0.25) is 0 Å². The molecule has 1 aromatic heterocycles. The molecule has 0 saturated heterocycles.